The van der Waals surface area contributed by atoms with Gasteiger partial charge in [0.15, 0.2) is 12.6 Å². The van der Waals surface area contributed by atoms with Crippen LogP contribution in [0.5, 0.6) is 11.6 Å². The van der Waals surface area contributed by atoms with E-state index in [0.717, 1.165) is 17.5 Å². The van der Waals surface area contributed by atoms with E-state index in [0.29, 0.717) is 31.5 Å². The lowest BCUT2D eigenvalue weighted by molar-refractivity contribution is -0.153. The molecule has 0 atom stereocenters. The molecule has 1 heterocycles. The number of hydrogen-bond donors (Lipinski definition) is 2. The highest BCUT2D eigenvalue weighted by Crippen LogP contribution is 2.19. The Bertz CT molecular complexity index is 786. The first-order valence-electron chi connectivity index (χ1n) is 9.21. The molecular formula is C20H26F3IN4O2. The van der Waals surface area contributed by atoms with E-state index in [1.165, 1.54) is 12.1 Å². The Morgan fingerprint density at radius 3 is 2.40 bits per heavy atom. The Morgan fingerprint density at radius 2 is 1.77 bits per heavy atom. The van der Waals surface area contributed by atoms with Crippen molar-refractivity contribution in [3.8, 4) is 11.6 Å². The fraction of sp³-hybridized carbons (Fsp3) is 0.400. The van der Waals surface area contributed by atoms with Crippen LogP contribution in [0.15, 0.2) is 47.6 Å². The number of nitrogens with zero attached hydrogens (tertiary/aromatic N) is 2. The van der Waals surface area contributed by atoms with Gasteiger partial charge in [0.1, 0.15) is 5.75 Å². The second-order valence-corrected chi connectivity index (χ2v) is 6.14. The number of halogens is 4. The number of alkyl halides is 3. The number of nitrogens with one attached hydrogen (secondary N) is 2. The van der Waals surface area contributed by atoms with E-state index >= 15 is 0 Å². The number of guanidine groups is 1. The molecule has 0 bridgehead atoms. The van der Waals surface area contributed by atoms with Crippen molar-refractivity contribution < 1.29 is 22.6 Å². The topological polar surface area (TPSA) is 67.8 Å². The summed E-state index contributed by atoms with van der Waals surface area (Å²) >= 11 is 0. The molecule has 2 rings (SSSR count). The van der Waals surface area contributed by atoms with Crippen LogP contribution >= 0.6 is 24.0 Å². The molecule has 2 N–H and O–H groups in total. The Labute approximate surface area is 191 Å². The van der Waals surface area contributed by atoms with Crippen molar-refractivity contribution in [3.05, 3.63) is 53.7 Å². The second kappa shape index (κ2) is 13.1. The third-order valence-electron chi connectivity index (χ3n) is 3.75. The first kappa shape index (κ1) is 25.8. The van der Waals surface area contributed by atoms with Crippen LogP contribution in [0.4, 0.5) is 13.2 Å². The van der Waals surface area contributed by atoms with Crippen molar-refractivity contribution in [3.63, 3.8) is 0 Å². The van der Waals surface area contributed by atoms with E-state index in [1.54, 1.807) is 25.4 Å². The average Bonchev–Trinajstić information content (AvgIpc) is 2.71. The molecule has 0 saturated carbocycles. The summed E-state index contributed by atoms with van der Waals surface area (Å²) in [4.78, 5) is 8.41. The molecule has 1 aromatic carbocycles. The molecule has 0 aliphatic heterocycles. The predicted octanol–water partition coefficient (Wildman–Crippen LogP) is 4.29. The molecule has 1 aromatic heterocycles. The Hall–Kier alpha value is -2.24. The smallest absolute Gasteiger partial charge is 0.422 e. The van der Waals surface area contributed by atoms with Crippen molar-refractivity contribution >= 4 is 29.9 Å². The van der Waals surface area contributed by atoms with E-state index in [-0.39, 0.29) is 29.7 Å². The number of ether oxygens (including phenoxy) is 2. The molecule has 0 aliphatic carbocycles. The van der Waals surface area contributed by atoms with Crippen LogP contribution in [-0.2, 0) is 13.1 Å². The van der Waals surface area contributed by atoms with Crippen LogP contribution in [0.1, 0.15) is 24.5 Å². The van der Waals surface area contributed by atoms with Gasteiger partial charge in [0.25, 0.3) is 0 Å². The summed E-state index contributed by atoms with van der Waals surface area (Å²) < 4.78 is 46.9. The van der Waals surface area contributed by atoms with Gasteiger partial charge in [-0.05, 0) is 30.2 Å². The lowest BCUT2D eigenvalue weighted by atomic mass is 10.2. The Kier molecular flexibility index (Phi) is 11.3. The Morgan fingerprint density at radius 1 is 1.07 bits per heavy atom. The lowest BCUT2D eigenvalue weighted by Gasteiger charge is -2.14. The van der Waals surface area contributed by atoms with Crippen LogP contribution in [-0.4, -0.2) is 37.4 Å². The van der Waals surface area contributed by atoms with Crippen LogP contribution in [0.3, 0.4) is 0 Å². The summed E-state index contributed by atoms with van der Waals surface area (Å²) in [6, 6.07) is 10.2. The van der Waals surface area contributed by atoms with E-state index in [2.05, 4.69) is 20.6 Å². The molecular weight excluding hydrogens is 512 g/mol. The molecule has 30 heavy (non-hydrogen) atoms. The van der Waals surface area contributed by atoms with Gasteiger partial charge in [0.2, 0.25) is 5.88 Å². The highest BCUT2D eigenvalue weighted by molar-refractivity contribution is 14.0. The molecule has 0 saturated heterocycles. The number of benzene rings is 1. The maximum atomic E-state index is 12.2. The SMILES string of the molecule is CCCOc1ncccc1CNC(=NC)NCc1ccc(OCC(F)(F)F)cc1.I. The Balaban J connectivity index is 0.00000450. The molecule has 2 aromatic rings. The van der Waals surface area contributed by atoms with Crippen LogP contribution in [0, 0.1) is 0 Å². The van der Waals surface area contributed by atoms with Crippen molar-refractivity contribution in [2.45, 2.75) is 32.6 Å². The van der Waals surface area contributed by atoms with Gasteiger partial charge in [-0.1, -0.05) is 25.1 Å². The first-order valence-corrected chi connectivity index (χ1v) is 9.21. The van der Waals surface area contributed by atoms with E-state index in [1.807, 2.05) is 19.1 Å². The van der Waals surface area contributed by atoms with Gasteiger partial charge in [-0.2, -0.15) is 13.2 Å². The molecule has 6 nitrogen and oxygen atoms in total. The second-order valence-electron chi connectivity index (χ2n) is 6.14. The molecule has 0 fully saturated rings. The van der Waals surface area contributed by atoms with Gasteiger partial charge in [0.05, 0.1) is 6.61 Å². The molecule has 0 amide bonds. The largest absolute Gasteiger partial charge is 0.484 e. The van der Waals surface area contributed by atoms with Gasteiger partial charge in [0, 0.05) is 31.9 Å². The minimum atomic E-state index is -4.35. The summed E-state index contributed by atoms with van der Waals surface area (Å²) in [7, 11) is 1.65. The number of aliphatic imine (C=N–C) groups is 1. The van der Waals surface area contributed by atoms with Crippen molar-refractivity contribution in [2.75, 3.05) is 20.3 Å². The third kappa shape index (κ3) is 9.51. The van der Waals surface area contributed by atoms with Gasteiger partial charge >= 0.3 is 6.18 Å². The quantitative estimate of drug-likeness (QED) is 0.283. The summed E-state index contributed by atoms with van der Waals surface area (Å²) in [5.74, 6) is 1.34. The van der Waals surface area contributed by atoms with Crippen LogP contribution < -0.4 is 20.1 Å². The third-order valence-corrected chi connectivity index (χ3v) is 3.75. The number of hydrogen-bond acceptors (Lipinski definition) is 4. The highest BCUT2D eigenvalue weighted by atomic mass is 127. The monoisotopic (exact) mass is 538 g/mol. The maximum Gasteiger partial charge on any atom is 0.422 e. The predicted molar refractivity (Wildman–Crippen MR) is 120 cm³/mol. The van der Waals surface area contributed by atoms with Gasteiger partial charge < -0.3 is 20.1 Å². The summed E-state index contributed by atoms with van der Waals surface area (Å²) in [6.45, 7) is 2.25. The van der Waals surface area contributed by atoms with E-state index in [4.69, 9.17) is 9.47 Å². The fourth-order valence-corrected chi connectivity index (χ4v) is 2.34. The number of rotatable bonds is 9. The molecule has 10 heteroatoms. The zero-order valence-corrected chi connectivity index (χ0v) is 19.2. The normalized spacial score (nSPS) is 11.4. The molecule has 0 radical (unpaired) electrons. The van der Waals surface area contributed by atoms with Crippen molar-refractivity contribution in [2.24, 2.45) is 4.99 Å². The fourth-order valence-electron chi connectivity index (χ4n) is 2.34. The van der Waals surface area contributed by atoms with Gasteiger partial charge in [-0.15, -0.1) is 24.0 Å². The zero-order valence-electron chi connectivity index (χ0n) is 16.8. The van der Waals surface area contributed by atoms with Crippen molar-refractivity contribution in [1.29, 1.82) is 0 Å². The van der Waals surface area contributed by atoms with Gasteiger partial charge in [-0.3, -0.25) is 4.99 Å². The molecule has 0 aliphatic rings. The van der Waals surface area contributed by atoms with Gasteiger partial charge in [-0.25, -0.2) is 4.98 Å². The van der Waals surface area contributed by atoms with E-state index in [9.17, 15) is 13.2 Å². The minimum Gasteiger partial charge on any atom is -0.484 e. The summed E-state index contributed by atoms with van der Waals surface area (Å²) in [6.07, 6.45) is -1.77. The molecule has 0 unspecified atom stereocenters. The molecule has 0 spiro atoms. The van der Waals surface area contributed by atoms with Crippen LogP contribution in [0.2, 0.25) is 0 Å². The van der Waals surface area contributed by atoms with Crippen LogP contribution in [0.25, 0.3) is 0 Å². The van der Waals surface area contributed by atoms with Crippen molar-refractivity contribution in [1.82, 2.24) is 15.6 Å². The lowest BCUT2D eigenvalue weighted by Crippen LogP contribution is -2.36. The minimum absolute atomic E-state index is 0. The summed E-state index contributed by atoms with van der Waals surface area (Å²) in [5.41, 5.74) is 1.79. The first-order chi connectivity index (χ1) is 13.9. The zero-order chi connectivity index (χ0) is 21.1. The maximum absolute atomic E-state index is 12.2. The number of pyridine rings is 1. The van der Waals surface area contributed by atoms with E-state index < -0.39 is 12.8 Å². The standard InChI is InChI=1S/C20H25F3N4O2.HI/c1-3-11-28-18-16(5-4-10-25-18)13-27-19(24-2)26-12-15-6-8-17(9-7-15)29-14-20(21,22)23;/h4-10H,3,11-14H2,1-2H3,(H2,24,26,27);1H. The number of aromatic nitrogens is 1. The highest BCUT2D eigenvalue weighted by Gasteiger charge is 2.28. The average molecular weight is 538 g/mol. The molecule has 166 valence electrons. The summed E-state index contributed by atoms with van der Waals surface area (Å²) in [5, 5.41) is 6.34.